The monoisotopic (exact) mass is 263 g/mol. The molecule has 1 aliphatic heterocycles. The van der Waals surface area contributed by atoms with Crippen LogP contribution in [0.2, 0.25) is 0 Å². The third kappa shape index (κ3) is 3.15. The molecule has 1 heterocycles. The van der Waals surface area contributed by atoms with Gasteiger partial charge in [0.1, 0.15) is 5.60 Å². The van der Waals surface area contributed by atoms with Gasteiger partial charge in [-0.1, -0.05) is 15.9 Å². The molecule has 14 heavy (non-hydrogen) atoms. The number of carbonyl (C=O) groups is 1. The Morgan fingerprint density at radius 1 is 1.50 bits per heavy atom. The Morgan fingerprint density at radius 3 is 2.43 bits per heavy atom. The van der Waals surface area contributed by atoms with Gasteiger partial charge in [-0.15, -0.1) is 0 Å². The van der Waals surface area contributed by atoms with E-state index in [0.29, 0.717) is 4.83 Å². The number of alkyl halides is 1. The molecule has 0 bridgehead atoms. The van der Waals surface area contributed by atoms with Gasteiger partial charge in [0.2, 0.25) is 0 Å². The predicted octanol–water partition coefficient (Wildman–Crippen LogP) is 2.78. The van der Waals surface area contributed by atoms with Crippen LogP contribution in [-0.2, 0) is 4.74 Å². The number of hydrogen-bond donors (Lipinski definition) is 0. The SMILES string of the molecule is C[C@@H]1C[C@H](Br)CN1C(=O)OC(C)(C)C. The lowest BCUT2D eigenvalue weighted by molar-refractivity contribution is 0.0240. The van der Waals surface area contributed by atoms with E-state index >= 15 is 0 Å². The van der Waals surface area contributed by atoms with E-state index in [1.807, 2.05) is 27.7 Å². The molecule has 3 nitrogen and oxygen atoms in total. The van der Waals surface area contributed by atoms with E-state index in [1.54, 1.807) is 4.90 Å². The van der Waals surface area contributed by atoms with E-state index in [4.69, 9.17) is 4.74 Å². The molecule has 0 saturated carbocycles. The maximum absolute atomic E-state index is 11.7. The molecule has 2 atom stereocenters. The molecular weight excluding hydrogens is 246 g/mol. The van der Waals surface area contributed by atoms with Crippen molar-refractivity contribution in [3.63, 3.8) is 0 Å². The predicted molar refractivity (Wildman–Crippen MR) is 59.7 cm³/mol. The lowest BCUT2D eigenvalue weighted by Crippen LogP contribution is -2.38. The van der Waals surface area contributed by atoms with Gasteiger partial charge >= 0.3 is 6.09 Å². The van der Waals surface area contributed by atoms with Crippen LogP contribution in [0.25, 0.3) is 0 Å². The molecule has 1 saturated heterocycles. The molecule has 0 radical (unpaired) electrons. The Morgan fingerprint density at radius 2 is 2.07 bits per heavy atom. The first kappa shape index (κ1) is 11.8. The summed E-state index contributed by atoms with van der Waals surface area (Å²) in [5.41, 5.74) is -0.402. The lowest BCUT2D eigenvalue weighted by Gasteiger charge is -2.26. The molecule has 4 heteroatoms. The van der Waals surface area contributed by atoms with Crippen LogP contribution >= 0.6 is 15.9 Å². The lowest BCUT2D eigenvalue weighted by atomic mass is 10.2. The summed E-state index contributed by atoms with van der Waals surface area (Å²) in [5.74, 6) is 0. The summed E-state index contributed by atoms with van der Waals surface area (Å²) in [7, 11) is 0. The molecular formula is C10H18BrNO2. The van der Waals surface area contributed by atoms with Gasteiger partial charge in [0.25, 0.3) is 0 Å². The van der Waals surface area contributed by atoms with Gasteiger partial charge in [0.05, 0.1) is 0 Å². The zero-order valence-corrected chi connectivity index (χ0v) is 10.8. The van der Waals surface area contributed by atoms with Gasteiger partial charge in [0.15, 0.2) is 0 Å². The summed E-state index contributed by atoms with van der Waals surface area (Å²) in [6, 6.07) is 0.272. The van der Waals surface area contributed by atoms with Gasteiger partial charge in [-0.2, -0.15) is 0 Å². The summed E-state index contributed by atoms with van der Waals surface area (Å²) in [6.45, 7) is 8.45. The summed E-state index contributed by atoms with van der Waals surface area (Å²) >= 11 is 3.52. The van der Waals surface area contributed by atoms with Crippen molar-refractivity contribution >= 4 is 22.0 Å². The maximum atomic E-state index is 11.7. The second-order valence-corrected chi connectivity index (χ2v) is 6.11. The van der Waals surface area contributed by atoms with Crippen LogP contribution in [0.5, 0.6) is 0 Å². The standard InChI is InChI=1S/C10H18BrNO2/c1-7-5-8(11)6-12(7)9(13)14-10(2,3)4/h7-8H,5-6H2,1-4H3/t7-,8+/m1/s1. The molecule has 1 aliphatic rings. The Kier molecular flexibility index (Phi) is 3.45. The van der Waals surface area contributed by atoms with Crippen LogP contribution < -0.4 is 0 Å². The first-order chi connectivity index (χ1) is 6.29. The van der Waals surface area contributed by atoms with Crippen LogP contribution in [0.15, 0.2) is 0 Å². The quantitative estimate of drug-likeness (QED) is 0.629. The number of hydrogen-bond acceptors (Lipinski definition) is 2. The topological polar surface area (TPSA) is 29.5 Å². The first-order valence-corrected chi connectivity index (χ1v) is 5.85. The fourth-order valence-electron chi connectivity index (χ4n) is 1.54. The van der Waals surface area contributed by atoms with E-state index in [-0.39, 0.29) is 12.1 Å². The number of nitrogens with zero attached hydrogens (tertiary/aromatic N) is 1. The van der Waals surface area contributed by atoms with Crippen molar-refractivity contribution < 1.29 is 9.53 Å². The highest BCUT2D eigenvalue weighted by Crippen LogP contribution is 2.24. The molecule has 0 N–H and O–H groups in total. The number of halogens is 1. The Bertz CT molecular complexity index is 225. The number of likely N-dealkylation sites (tertiary alicyclic amines) is 1. The van der Waals surface area contributed by atoms with Gasteiger partial charge in [0, 0.05) is 17.4 Å². The highest BCUT2D eigenvalue weighted by Gasteiger charge is 2.33. The highest BCUT2D eigenvalue weighted by atomic mass is 79.9. The fourth-order valence-corrected chi connectivity index (χ4v) is 2.39. The van der Waals surface area contributed by atoms with Crippen LogP contribution in [0.4, 0.5) is 4.79 Å². The second kappa shape index (κ2) is 4.09. The molecule has 0 spiro atoms. The summed E-state index contributed by atoms with van der Waals surface area (Å²) in [4.78, 5) is 13.9. The molecule has 82 valence electrons. The van der Waals surface area contributed by atoms with Crippen molar-refractivity contribution in [2.24, 2.45) is 0 Å². The minimum atomic E-state index is -0.402. The van der Waals surface area contributed by atoms with E-state index in [1.165, 1.54) is 0 Å². The van der Waals surface area contributed by atoms with Gasteiger partial charge in [-0.05, 0) is 34.1 Å². The number of rotatable bonds is 0. The highest BCUT2D eigenvalue weighted by molar-refractivity contribution is 9.09. The van der Waals surface area contributed by atoms with E-state index in [0.717, 1.165) is 13.0 Å². The smallest absolute Gasteiger partial charge is 0.410 e. The second-order valence-electron chi connectivity index (χ2n) is 4.81. The number of carbonyl (C=O) groups excluding carboxylic acids is 1. The van der Waals surface area contributed by atoms with Crippen molar-refractivity contribution in [2.45, 2.75) is 50.6 Å². The molecule has 0 aromatic carbocycles. The first-order valence-electron chi connectivity index (χ1n) is 4.93. The Balaban J connectivity index is 2.53. The van der Waals surface area contributed by atoms with Gasteiger partial charge in [-0.3, -0.25) is 0 Å². The summed E-state index contributed by atoms with van der Waals surface area (Å²) in [5, 5.41) is 0. The van der Waals surface area contributed by atoms with Crippen LogP contribution in [0.3, 0.4) is 0 Å². The molecule has 0 unspecified atom stereocenters. The van der Waals surface area contributed by atoms with E-state index in [2.05, 4.69) is 15.9 Å². The molecule has 0 aliphatic carbocycles. The summed E-state index contributed by atoms with van der Waals surface area (Å²) in [6.07, 6.45) is 0.797. The minimum absolute atomic E-state index is 0.202. The normalized spacial score (nSPS) is 27.9. The molecule has 1 amide bonds. The van der Waals surface area contributed by atoms with E-state index in [9.17, 15) is 4.79 Å². The fraction of sp³-hybridized carbons (Fsp3) is 0.900. The van der Waals surface area contributed by atoms with Crippen LogP contribution in [0.1, 0.15) is 34.1 Å². The van der Waals surface area contributed by atoms with Crippen molar-refractivity contribution in [3.8, 4) is 0 Å². The van der Waals surface area contributed by atoms with Crippen LogP contribution in [0, 0.1) is 0 Å². The zero-order chi connectivity index (χ0) is 10.9. The maximum Gasteiger partial charge on any atom is 0.410 e. The van der Waals surface area contributed by atoms with Gasteiger partial charge < -0.3 is 9.64 Å². The Labute approximate surface area is 93.9 Å². The average Bonchev–Trinajstić information content (AvgIpc) is 2.26. The largest absolute Gasteiger partial charge is 0.444 e. The number of ether oxygens (including phenoxy) is 1. The molecule has 1 fully saturated rings. The number of amides is 1. The molecule has 1 rings (SSSR count). The third-order valence-corrected chi connectivity index (χ3v) is 2.82. The molecule has 0 aromatic heterocycles. The molecule has 0 aromatic rings. The van der Waals surface area contributed by atoms with Gasteiger partial charge in [-0.25, -0.2) is 4.79 Å². The third-order valence-electron chi connectivity index (χ3n) is 2.15. The van der Waals surface area contributed by atoms with Crippen molar-refractivity contribution in [3.05, 3.63) is 0 Å². The average molecular weight is 264 g/mol. The van der Waals surface area contributed by atoms with Crippen molar-refractivity contribution in [2.75, 3.05) is 6.54 Å². The Hall–Kier alpha value is -0.250. The van der Waals surface area contributed by atoms with E-state index < -0.39 is 5.60 Å². The summed E-state index contributed by atoms with van der Waals surface area (Å²) < 4.78 is 5.31. The van der Waals surface area contributed by atoms with Crippen molar-refractivity contribution in [1.29, 1.82) is 0 Å². The van der Waals surface area contributed by atoms with Crippen LogP contribution in [-0.4, -0.2) is 34.0 Å². The van der Waals surface area contributed by atoms with Crippen molar-refractivity contribution in [1.82, 2.24) is 4.90 Å². The minimum Gasteiger partial charge on any atom is -0.444 e. The zero-order valence-electron chi connectivity index (χ0n) is 9.21.